The van der Waals surface area contributed by atoms with E-state index in [4.69, 9.17) is 0 Å². The Hall–Kier alpha value is -2.44. The summed E-state index contributed by atoms with van der Waals surface area (Å²) in [4.78, 5) is 35.5. The largest absolute Gasteiger partial charge is 0.325 e. The van der Waals surface area contributed by atoms with Gasteiger partial charge in [-0.25, -0.2) is 4.79 Å². The van der Waals surface area contributed by atoms with E-state index < -0.39 is 16.5 Å². The number of non-ortho nitro benzene ring substituents is 1. The molecule has 1 aromatic carbocycles. The molecule has 1 aliphatic rings. The van der Waals surface area contributed by atoms with Gasteiger partial charge in [-0.3, -0.25) is 19.8 Å². The zero-order chi connectivity index (χ0) is 14.9. The summed E-state index contributed by atoms with van der Waals surface area (Å²) in [5, 5.41) is 13.3. The summed E-state index contributed by atoms with van der Waals surface area (Å²) < 4.78 is 0. The van der Waals surface area contributed by atoms with Gasteiger partial charge in [0.05, 0.1) is 4.92 Å². The lowest BCUT2D eigenvalue weighted by Crippen LogP contribution is -2.40. The molecule has 1 heterocycles. The van der Waals surface area contributed by atoms with Crippen molar-refractivity contribution < 1.29 is 14.5 Å². The molecule has 0 aromatic heterocycles. The predicted molar refractivity (Wildman–Crippen MR) is 71.0 cm³/mol. The molecule has 0 radical (unpaired) electrons. The van der Waals surface area contributed by atoms with Crippen LogP contribution in [0.2, 0.25) is 0 Å². The maximum atomic E-state index is 12.4. The monoisotopic (exact) mass is 277 g/mol. The molecule has 7 heteroatoms. The van der Waals surface area contributed by atoms with Gasteiger partial charge in [-0.05, 0) is 31.0 Å². The van der Waals surface area contributed by atoms with Crippen molar-refractivity contribution in [2.24, 2.45) is 0 Å². The summed E-state index contributed by atoms with van der Waals surface area (Å²) in [6, 6.07) is 5.19. The lowest BCUT2D eigenvalue weighted by molar-refractivity contribution is -0.384. The maximum Gasteiger partial charge on any atom is 0.325 e. The first-order valence-corrected chi connectivity index (χ1v) is 6.29. The highest BCUT2D eigenvalue weighted by molar-refractivity contribution is 6.07. The van der Waals surface area contributed by atoms with E-state index in [-0.39, 0.29) is 11.6 Å². The van der Waals surface area contributed by atoms with Crippen LogP contribution < -0.4 is 5.32 Å². The highest BCUT2D eigenvalue weighted by Gasteiger charge is 2.48. The fourth-order valence-electron chi connectivity index (χ4n) is 2.24. The molecule has 1 saturated heterocycles. The number of nitro groups is 1. The summed E-state index contributed by atoms with van der Waals surface area (Å²) in [5.74, 6) is -0.335. The molecule has 7 nitrogen and oxygen atoms in total. The molecule has 106 valence electrons. The minimum Gasteiger partial charge on any atom is -0.319 e. The second kappa shape index (κ2) is 4.92. The Kier molecular flexibility index (Phi) is 3.44. The van der Waals surface area contributed by atoms with Crippen LogP contribution in [0.3, 0.4) is 0 Å². The van der Waals surface area contributed by atoms with Gasteiger partial charge in [0.15, 0.2) is 0 Å². The zero-order valence-electron chi connectivity index (χ0n) is 11.3. The zero-order valence-corrected chi connectivity index (χ0v) is 11.3. The molecule has 0 aliphatic carbocycles. The quantitative estimate of drug-likeness (QED) is 0.515. The molecule has 0 spiro atoms. The Morgan fingerprint density at radius 1 is 1.30 bits per heavy atom. The summed E-state index contributed by atoms with van der Waals surface area (Å²) in [6.07, 6.45) is 0.676. The molecule has 0 bridgehead atoms. The summed E-state index contributed by atoms with van der Waals surface area (Å²) >= 11 is 0. The molecule has 0 unspecified atom stereocenters. The number of nitro benzene ring substituents is 1. The van der Waals surface area contributed by atoms with Gasteiger partial charge in [-0.2, -0.15) is 0 Å². The molecular weight excluding hydrogens is 262 g/mol. The smallest absolute Gasteiger partial charge is 0.319 e. The Morgan fingerprint density at radius 2 is 1.90 bits per heavy atom. The van der Waals surface area contributed by atoms with Crippen molar-refractivity contribution in [1.82, 2.24) is 10.2 Å². The minimum absolute atomic E-state index is 0.0560. The summed E-state index contributed by atoms with van der Waals surface area (Å²) in [5.41, 5.74) is -0.693. The first kappa shape index (κ1) is 14.0. The van der Waals surface area contributed by atoms with Gasteiger partial charge >= 0.3 is 6.03 Å². The maximum absolute atomic E-state index is 12.4. The van der Waals surface area contributed by atoms with E-state index in [1.807, 2.05) is 6.92 Å². The standard InChI is InChI=1S/C13H15N3O4/c1-3-8-15-11(17)13(2,14-12(15)18)9-4-6-10(7-5-9)16(19)20/h4-7H,3,8H2,1-2H3,(H,14,18)/t13-/m1/s1. The molecule has 1 aromatic rings. The van der Waals surface area contributed by atoms with Crippen molar-refractivity contribution in [1.29, 1.82) is 0 Å². The Balaban J connectivity index is 2.34. The Bertz CT molecular complexity index is 569. The van der Waals surface area contributed by atoms with Crippen LogP contribution in [0.15, 0.2) is 24.3 Å². The first-order chi connectivity index (χ1) is 9.40. The molecule has 1 aliphatic heterocycles. The molecule has 3 amide bonds. The summed E-state index contributed by atoms with van der Waals surface area (Å²) in [6.45, 7) is 3.83. The van der Waals surface area contributed by atoms with Crippen molar-refractivity contribution in [2.45, 2.75) is 25.8 Å². The van der Waals surface area contributed by atoms with Crippen LogP contribution in [0.4, 0.5) is 10.5 Å². The number of rotatable bonds is 4. The highest BCUT2D eigenvalue weighted by Crippen LogP contribution is 2.29. The molecular formula is C13H15N3O4. The topological polar surface area (TPSA) is 92.6 Å². The molecule has 1 N–H and O–H groups in total. The number of hydrogen-bond donors (Lipinski definition) is 1. The van der Waals surface area contributed by atoms with E-state index >= 15 is 0 Å². The molecule has 20 heavy (non-hydrogen) atoms. The van der Waals surface area contributed by atoms with E-state index in [0.717, 1.165) is 0 Å². The van der Waals surface area contributed by atoms with Crippen molar-refractivity contribution in [3.05, 3.63) is 39.9 Å². The van der Waals surface area contributed by atoms with Crippen LogP contribution in [0.25, 0.3) is 0 Å². The Morgan fingerprint density at radius 3 is 2.40 bits per heavy atom. The number of hydrogen-bond acceptors (Lipinski definition) is 4. The average Bonchev–Trinajstić information content (AvgIpc) is 2.64. The van der Waals surface area contributed by atoms with Crippen LogP contribution in [0.5, 0.6) is 0 Å². The first-order valence-electron chi connectivity index (χ1n) is 6.29. The van der Waals surface area contributed by atoms with Crippen LogP contribution >= 0.6 is 0 Å². The van der Waals surface area contributed by atoms with Gasteiger partial charge in [0.2, 0.25) is 0 Å². The average molecular weight is 277 g/mol. The lowest BCUT2D eigenvalue weighted by Gasteiger charge is -2.22. The highest BCUT2D eigenvalue weighted by atomic mass is 16.6. The van der Waals surface area contributed by atoms with E-state index in [0.29, 0.717) is 18.5 Å². The number of carbonyl (C=O) groups is 2. The van der Waals surface area contributed by atoms with Crippen LogP contribution in [-0.4, -0.2) is 28.3 Å². The Labute approximate surface area is 115 Å². The summed E-state index contributed by atoms with van der Waals surface area (Å²) in [7, 11) is 0. The van der Waals surface area contributed by atoms with Gasteiger partial charge in [0, 0.05) is 18.7 Å². The van der Waals surface area contributed by atoms with E-state index in [9.17, 15) is 19.7 Å². The number of nitrogens with zero attached hydrogens (tertiary/aromatic N) is 2. The minimum atomic E-state index is -1.17. The van der Waals surface area contributed by atoms with Crippen molar-refractivity contribution in [2.75, 3.05) is 6.54 Å². The number of carbonyl (C=O) groups excluding carboxylic acids is 2. The number of imide groups is 1. The molecule has 0 saturated carbocycles. The van der Waals surface area contributed by atoms with Crippen molar-refractivity contribution in [3.63, 3.8) is 0 Å². The second-order valence-corrected chi connectivity index (χ2v) is 4.82. The van der Waals surface area contributed by atoms with Crippen LogP contribution in [-0.2, 0) is 10.3 Å². The van der Waals surface area contributed by atoms with Gasteiger partial charge in [0.25, 0.3) is 11.6 Å². The predicted octanol–water partition coefficient (Wildman–Crippen LogP) is 1.77. The van der Waals surface area contributed by atoms with Crippen LogP contribution in [0, 0.1) is 10.1 Å². The van der Waals surface area contributed by atoms with Gasteiger partial charge in [0.1, 0.15) is 5.54 Å². The van der Waals surface area contributed by atoms with Gasteiger partial charge in [-0.1, -0.05) is 6.92 Å². The van der Waals surface area contributed by atoms with E-state index in [1.54, 1.807) is 6.92 Å². The second-order valence-electron chi connectivity index (χ2n) is 4.82. The third-order valence-electron chi connectivity index (χ3n) is 3.38. The van der Waals surface area contributed by atoms with E-state index in [2.05, 4.69) is 5.32 Å². The van der Waals surface area contributed by atoms with Crippen molar-refractivity contribution >= 4 is 17.6 Å². The molecule has 2 rings (SSSR count). The fraction of sp³-hybridized carbons (Fsp3) is 0.385. The van der Waals surface area contributed by atoms with Gasteiger partial charge in [-0.15, -0.1) is 0 Å². The third kappa shape index (κ3) is 2.11. The third-order valence-corrected chi connectivity index (χ3v) is 3.38. The van der Waals surface area contributed by atoms with Crippen LogP contribution in [0.1, 0.15) is 25.8 Å². The lowest BCUT2D eigenvalue weighted by atomic mass is 9.92. The normalized spacial score (nSPS) is 22.0. The molecule has 1 atom stereocenters. The number of amides is 3. The fourth-order valence-corrected chi connectivity index (χ4v) is 2.24. The molecule has 1 fully saturated rings. The number of benzene rings is 1. The number of nitrogens with one attached hydrogen (secondary N) is 1. The van der Waals surface area contributed by atoms with Gasteiger partial charge < -0.3 is 5.32 Å². The van der Waals surface area contributed by atoms with Crippen molar-refractivity contribution in [3.8, 4) is 0 Å². The number of urea groups is 1. The SMILES string of the molecule is CCCN1C(=O)N[C@](C)(c2ccc([N+](=O)[O-])cc2)C1=O. The van der Waals surface area contributed by atoms with E-state index in [1.165, 1.54) is 29.2 Å².